The summed E-state index contributed by atoms with van der Waals surface area (Å²) in [6.07, 6.45) is 23.6. The van der Waals surface area contributed by atoms with Crippen molar-refractivity contribution in [1.82, 2.24) is 16.0 Å². The molecule has 0 radical (unpaired) electrons. The van der Waals surface area contributed by atoms with E-state index >= 15 is 0 Å². The van der Waals surface area contributed by atoms with E-state index in [4.69, 9.17) is 29.7 Å². The molecule has 0 aliphatic carbocycles. The molecule has 7 N–H and O–H groups in total. The van der Waals surface area contributed by atoms with E-state index in [9.17, 15) is 18.9 Å². The highest BCUT2D eigenvalue weighted by Gasteiger charge is 2.21. The van der Waals surface area contributed by atoms with Gasteiger partial charge in [-0.2, -0.15) is 11.8 Å². The maximum Gasteiger partial charge on any atom is 0.327 e. The van der Waals surface area contributed by atoms with Gasteiger partial charge in [0.25, 0.3) is 0 Å². The van der Waals surface area contributed by atoms with Gasteiger partial charge in [0, 0.05) is 31.1 Å². The van der Waals surface area contributed by atoms with Gasteiger partial charge in [0.2, 0.25) is 17.7 Å². The molecule has 0 aromatic carbocycles. The SMILES string of the molecule is CCCCCCCCCCCCOC[C@H](CSC[C@H](N)C(=O)N[C@@H](C)C(=O)NCCOCCOCCP(=O)(O)O)NC(=O)CCCCCCCCCCC. The highest BCUT2D eigenvalue weighted by atomic mass is 32.2. The number of amides is 3. The van der Waals surface area contributed by atoms with Gasteiger partial charge in [-0.05, 0) is 19.8 Å². The summed E-state index contributed by atoms with van der Waals surface area (Å²) in [6.45, 7) is 7.89. The standard InChI is InChI=1S/C39H79N4O9PS/c1-4-6-8-10-12-14-16-18-20-22-25-52-31-35(43-37(44)23-21-19-17-15-13-11-9-7-5-2)32-54-33-36(40)39(46)42-34(3)38(45)41-24-26-50-27-28-51-29-30-53(47,48)49/h34-36H,4-33,40H2,1-3H3,(H,41,45)(H,42,46)(H,43,44)(H2,47,48,49)/t34-,35+,36-/m0/s1. The van der Waals surface area contributed by atoms with E-state index in [-0.39, 0.29) is 57.0 Å². The molecule has 0 rings (SSSR count). The highest BCUT2D eigenvalue weighted by molar-refractivity contribution is 7.99. The monoisotopic (exact) mass is 811 g/mol. The molecule has 0 saturated heterocycles. The Bertz CT molecular complexity index is 963. The number of unbranched alkanes of at least 4 members (excludes halogenated alkanes) is 17. The highest BCUT2D eigenvalue weighted by Crippen LogP contribution is 2.33. The van der Waals surface area contributed by atoms with Crippen LogP contribution in [0.2, 0.25) is 0 Å². The largest absolute Gasteiger partial charge is 0.379 e. The van der Waals surface area contributed by atoms with E-state index in [0.717, 1.165) is 25.7 Å². The molecule has 0 aromatic heterocycles. The molecule has 0 fully saturated rings. The second-order valence-electron chi connectivity index (χ2n) is 14.4. The van der Waals surface area contributed by atoms with E-state index in [1.165, 1.54) is 108 Å². The smallest absolute Gasteiger partial charge is 0.327 e. The summed E-state index contributed by atoms with van der Waals surface area (Å²) < 4.78 is 27.2. The molecule has 0 bridgehead atoms. The molecule has 0 aliphatic rings. The Kier molecular flexibility index (Phi) is 36.5. The van der Waals surface area contributed by atoms with Crippen LogP contribution in [0.3, 0.4) is 0 Å². The van der Waals surface area contributed by atoms with Crippen molar-refractivity contribution in [3.05, 3.63) is 0 Å². The lowest BCUT2D eigenvalue weighted by molar-refractivity contribution is -0.129. The van der Waals surface area contributed by atoms with Crippen LogP contribution >= 0.6 is 19.4 Å². The molecule has 15 heteroatoms. The molecule has 3 atom stereocenters. The minimum Gasteiger partial charge on any atom is -0.379 e. The van der Waals surface area contributed by atoms with E-state index in [1.807, 2.05) is 0 Å². The van der Waals surface area contributed by atoms with Crippen molar-refractivity contribution >= 4 is 37.1 Å². The van der Waals surface area contributed by atoms with Gasteiger partial charge in [-0.25, -0.2) is 0 Å². The quantitative estimate of drug-likeness (QED) is 0.0303. The van der Waals surface area contributed by atoms with Crippen LogP contribution in [0, 0.1) is 0 Å². The number of hydrogen-bond acceptors (Lipinski definition) is 9. The second-order valence-corrected chi connectivity index (χ2v) is 17.2. The van der Waals surface area contributed by atoms with Crippen molar-refractivity contribution < 1.29 is 42.9 Å². The second kappa shape index (κ2) is 37.3. The van der Waals surface area contributed by atoms with Gasteiger partial charge in [-0.3, -0.25) is 18.9 Å². The lowest BCUT2D eigenvalue weighted by atomic mass is 10.1. The van der Waals surface area contributed by atoms with E-state index < -0.39 is 25.6 Å². The van der Waals surface area contributed by atoms with Gasteiger partial charge < -0.3 is 45.7 Å². The first-order chi connectivity index (χ1) is 26.0. The molecular formula is C39H79N4O9PS. The molecule has 13 nitrogen and oxygen atoms in total. The van der Waals surface area contributed by atoms with E-state index in [1.54, 1.807) is 6.92 Å². The van der Waals surface area contributed by atoms with Crippen molar-refractivity contribution in [3.8, 4) is 0 Å². The Morgan fingerprint density at radius 3 is 1.72 bits per heavy atom. The average molecular weight is 811 g/mol. The zero-order chi connectivity index (χ0) is 40.1. The summed E-state index contributed by atoms with van der Waals surface area (Å²) >= 11 is 1.48. The lowest BCUT2D eigenvalue weighted by Gasteiger charge is -2.20. The fourth-order valence-electron chi connectivity index (χ4n) is 5.65. The van der Waals surface area contributed by atoms with Gasteiger partial charge in [0.1, 0.15) is 6.04 Å². The third kappa shape index (κ3) is 36.4. The Balaban J connectivity index is 4.47. The van der Waals surface area contributed by atoms with Crippen molar-refractivity contribution in [2.24, 2.45) is 5.73 Å². The molecule has 0 spiro atoms. The third-order valence-electron chi connectivity index (χ3n) is 8.98. The van der Waals surface area contributed by atoms with Gasteiger partial charge in [0.15, 0.2) is 0 Å². The van der Waals surface area contributed by atoms with Gasteiger partial charge in [-0.15, -0.1) is 0 Å². The van der Waals surface area contributed by atoms with Crippen LogP contribution in [0.5, 0.6) is 0 Å². The molecule has 3 amide bonds. The Morgan fingerprint density at radius 1 is 0.648 bits per heavy atom. The first kappa shape index (κ1) is 52.8. The van der Waals surface area contributed by atoms with Crippen molar-refractivity contribution in [1.29, 1.82) is 0 Å². The molecule has 0 unspecified atom stereocenters. The Labute approximate surface area is 332 Å². The predicted molar refractivity (Wildman–Crippen MR) is 221 cm³/mol. The molecule has 54 heavy (non-hydrogen) atoms. The number of ether oxygens (including phenoxy) is 3. The average Bonchev–Trinajstić information content (AvgIpc) is 3.13. The molecule has 0 saturated carbocycles. The Hall–Kier alpha value is -1.25. The molecule has 0 aliphatic heterocycles. The predicted octanol–water partition coefficient (Wildman–Crippen LogP) is 6.22. The third-order valence-corrected chi connectivity index (χ3v) is 11.0. The number of nitrogens with two attached hydrogens (primary N) is 1. The summed E-state index contributed by atoms with van der Waals surface area (Å²) in [5, 5.41) is 8.50. The number of rotatable bonds is 40. The van der Waals surface area contributed by atoms with Crippen LogP contribution < -0.4 is 21.7 Å². The van der Waals surface area contributed by atoms with Crippen molar-refractivity contribution in [2.75, 3.05) is 63.9 Å². The fraction of sp³-hybridized carbons (Fsp3) is 0.923. The lowest BCUT2D eigenvalue weighted by Crippen LogP contribution is -2.51. The summed E-state index contributed by atoms with van der Waals surface area (Å²) in [5.41, 5.74) is 6.17. The number of thioether (sulfide) groups is 1. The molecule has 0 heterocycles. The molecule has 0 aromatic rings. The van der Waals surface area contributed by atoms with Gasteiger partial charge in [0.05, 0.1) is 51.3 Å². The summed E-state index contributed by atoms with van der Waals surface area (Å²) in [7, 11) is -4.08. The fourth-order valence-corrected chi connectivity index (χ4v) is 7.02. The van der Waals surface area contributed by atoms with E-state index in [2.05, 4.69) is 29.8 Å². The van der Waals surface area contributed by atoms with Gasteiger partial charge in [-0.1, -0.05) is 123 Å². The van der Waals surface area contributed by atoms with Gasteiger partial charge >= 0.3 is 7.60 Å². The van der Waals surface area contributed by atoms with Crippen LogP contribution in [0.25, 0.3) is 0 Å². The molecular weight excluding hydrogens is 731 g/mol. The Morgan fingerprint density at radius 2 is 1.17 bits per heavy atom. The van der Waals surface area contributed by atoms with Crippen LogP contribution in [-0.2, 0) is 33.2 Å². The van der Waals surface area contributed by atoms with Crippen LogP contribution in [0.15, 0.2) is 0 Å². The number of carbonyl (C=O) groups is 3. The van der Waals surface area contributed by atoms with Crippen LogP contribution in [-0.4, -0.2) is 109 Å². The zero-order valence-electron chi connectivity index (χ0n) is 34.1. The number of carbonyl (C=O) groups excluding carboxylic acids is 3. The molecule has 320 valence electrons. The normalized spacial score (nSPS) is 13.4. The maximum atomic E-state index is 12.8. The minimum absolute atomic E-state index is 0.0323. The first-order valence-corrected chi connectivity index (χ1v) is 23.9. The van der Waals surface area contributed by atoms with Crippen molar-refractivity contribution in [3.63, 3.8) is 0 Å². The van der Waals surface area contributed by atoms with Crippen LogP contribution in [0.4, 0.5) is 0 Å². The first-order valence-electron chi connectivity index (χ1n) is 21.0. The maximum absolute atomic E-state index is 12.8. The van der Waals surface area contributed by atoms with Crippen LogP contribution in [0.1, 0.15) is 149 Å². The topological polar surface area (TPSA) is 199 Å². The zero-order valence-corrected chi connectivity index (χ0v) is 35.8. The van der Waals surface area contributed by atoms with E-state index in [0.29, 0.717) is 31.1 Å². The summed E-state index contributed by atoms with van der Waals surface area (Å²) in [5.74, 6) is 0.113. The number of hydrogen-bond donors (Lipinski definition) is 6. The summed E-state index contributed by atoms with van der Waals surface area (Å²) in [4.78, 5) is 55.6. The summed E-state index contributed by atoms with van der Waals surface area (Å²) in [6, 6.07) is -1.81. The minimum atomic E-state index is -4.08. The van der Waals surface area contributed by atoms with Crippen molar-refractivity contribution in [2.45, 2.75) is 167 Å². The number of nitrogens with one attached hydrogen (secondary N) is 3.